The Balaban J connectivity index is 1.78. The molecule has 0 heterocycles. The van der Waals surface area contributed by atoms with Gasteiger partial charge in [0, 0.05) is 51.4 Å². The van der Waals surface area contributed by atoms with Gasteiger partial charge in [-0.15, -0.1) is 0 Å². The van der Waals surface area contributed by atoms with Crippen LogP contribution in [-0.4, -0.2) is 76.2 Å². The second-order valence-corrected chi connectivity index (χ2v) is 14.5. The van der Waals surface area contributed by atoms with Crippen molar-refractivity contribution in [2.75, 3.05) is 28.4 Å². The highest BCUT2D eigenvalue weighted by molar-refractivity contribution is 5.77. The maximum absolute atomic E-state index is 12.7. The van der Waals surface area contributed by atoms with E-state index in [0.29, 0.717) is 22.3 Å². The van der Waals surface area contributed by atoms with Gasteiger partial charge >= 0.3 is 47.8 Å². The molecule has 0 amide bonds. The van der Waals surface area contributed by atoms with Crippen LogP contribution in [0.15, 0.2) is 97.1 Å². The van der Waals surface area contributed by atoms with E-state index in [9.17, 15) is 38.4 Å². The minimum atomic E-state index is -1.21. The molecule has 0 bridgehead atoms. The topological polar surface area (TPSA) is 210 Å². The number of ether oxygens (including phenoxy) is 8. The lowest BCUT2D eigenvalue weighted by Gasteiger charge is -2.37. The third-order valence-corrected chi connectivity index (χ3v) is 10.0. The first kappa shape index (κ1) is 50.3. The predicted molar refractivity (Wildman–Crippen MR) is 231 cm³/mol. The summed E-state index contributed by atoms with van der Waals surface area (Å²) in [5.41, 5.74) is 1.44. The van der Waals surface area contributed by atoms with Crippen LogP contribution in [0.3, 0.4) is 0 Å². The summed E-state index contributed by atoms with van der Waals surface area (Å²) in [6, 6.07) is 27.2. The summed E-state index contributed by atoms with van der Waals surface area (Å²) in [7, 11) is 5.08. The van der Waals surface area contributed by atoms with Crippen LogP contribution < -0.4 is 18.9 Å². The van der Waals surface area contributed by atoms with Gasteiger partial charge in [-0.25, -0.2) is 0 Å². The van der Waals surface area contributed by atoms with E-state index < -0.39 is 53.2 Å². The first-order valence-electron chi connectivity index (χ1n) is 20.8. The summed E-state index contributed by atoms with van der Waals surface area (Å²) < 4.78 is 41.0. The zero-order chi connectivity index (χ0) is 47.2. The van der Waals surface area contributed by atoms with Gasteiger partial charge in [0.25, 0.3) is 0 Å². The molecule has 0 spiro atoms. The molecule has 16 heteroatoms. The van der Waals surface area contributed by atoms with Crippen LogP contribution in [0.5, 0.6) is 23.0 Å². The average Bonchev–Trinajstić information content (AvgIpc) is 3.30. The van der Waals surface area contributed by atoms with Crippen LogP contribution in [0, 0.1) is 0 Å². The van der Waals surface area contributed by atoms with E-state index in [0.717, 1.165) is 0 Å². The van der Waals surface area contributed by atoms with E-state index >= 15 is 0 Å². The van der Waals surface area contributed by atoms with E-state index in [1.807, 2.05) is 0 Å². The van der Waals surface area contributed by atoms with Crippen LogP contribution in [0.2, 0.25) is 0 Å². The molecular weight excluding hydrogens is 845 g/mol. The molecule has 4 aromatic rings. The molecule has 0 radical (unpaired) electrons. The van der Waals surface area contributed by atoms with E-state index in [4.69, 9.17) is 18.9 Å². The molecule has 0 saturated carbocycles. The summed E-state index contributed by atoms with van der Waals surface area (Å²) in [6.07, 6.45) is 1.10. The van der Waals surface area contributed by atoms with E-state index in [-0.39, 0.29) is 100 Å². The first-order chi connectivity index (χ1) is 31.3. The summed E-state index contributed by atoms with van der Waals surface area (Å²) >= 11 is 0. The number of methoxy groups -OCH3 is 4. The van der Waals surface area contributed by atoms with Crippen molar-refractivity contribution in [3.63, 3.8) is 0 Å². The Morgan fingerprint density at radius 1 is 0.292 bits per heavy atom. The highest BCUT2D eigenvalue weighted by atomic mass is 16.6. The fraction of sp³-hybridized carbons (Fsp3) is 0.347. The Kier molecular flexibility index (Phi) is 19.9. The van der Waals surface area contributed by atoms with E-state index in [2.05, 4.69) is 18.9 Å². The first-order valence-corrected chi connectivity index (χ1v) is 20.8. The van der Waals surface area contributed by atoms with Crippen LogP contribution in [0.1, 0.15) is 99.3 Å². The maximum atomic E-state index is 12.7. The van der Waals surface area contributed by atoms with Crippen LogP contribution in [-0.2, 0) is 62.7 Å². The molecule has 0 aliphatic carbocycles. The predicted octanol–water partition coefficient (Wildman–Crippen LogP) is 7.06. The van der Waals surface area contributed by atoms with Crippen molar-refractivity contribution in [2.45, 2.75) is 82.5 Å². The SMILES string of the molecule is COC(=O)CCCC(=O)Oc1ccc(C(c2ccc(OC(=O)CCCC(=O)OC)cc2)(c2ccc(OC(=O)CCCC(=O)OC)cc2)c2ccc(OC(=O)CCCC(=O)OC)cc2)cc1. The lowest BCUT2D eigenvalue weighted by molar-refractivity contribution is -0.142. The van der Waals surface area contributed by atoms with Crippen molar-refractivity contribution in [2.24, 2.45) is 0 Å². The largest absolute Gasteiger partial charge is 0.469 e. The highest BCUT2D eigenvalue weighted by Crippen LogP contribution is 2.47. The molecule has 344 valence electrons. The molecule has 16 nitrogen and oxygen atoms in total. The Labute approximate surface area is 376 Å². The number of carbonyl (C=O) groups excluding carboxylic acids is 8. The molecule has 0 N–H and O–H groups in total. The number of hydrogen-bond acceptors (Lipinski definition) is 16. The molecule has 0 aliphatic heterocycles. The number of carbonyl (C=O) groups is 8. The number of rotatable bonds is 24. The summed E-state index contributed by atoms with van der Waals surface area (Å²) in [5, 5.41) is 0. The summed E-state index contributed by atoms with van der Waals surface area (Å²) in [5.74, 6) is -2.99. The smallest absolute Gasteiger partial charge is 0.311 e. The number of esters is 8. The number of hydrogen-bond donors (Lipinski definition) is 0. The second-order valence-electron chi connectivity index (χ2n) is 14.5. The van der Waals surface area contributed by atoms with Gasteiger partial charge in [0.15, 0.2) is 0 Å². The lowest BCUT2D eigenvalue weighted by atomic mass is 9.65. The van der Waals surface area contributed by atoms with Crippen LogP contribution >= 0.6 is 0 Å². The molecule has 0 aromatic heterocycles. The zero-order valence-corrected chi connectivity index (χ0v) is 36.8. The van der Waals surface area contributed by atoms with Crippen molar-refractivity contribution in [3.05, 3.63) is 119 Å². The van der Waals surface area contributed by atoms with Crippen molar-refractivity contribution in [1.82, 2.24) is 0 Å². The van der Waals surface area contributed by atoms with Gasteiger partial charge in [-0.05, 0) is 96.5 Å². The minimum Gasteiger partial charge on any atom is -0.469 e. The Hall–Kier alpha value is -7.36. The maximum Gasteiger partial charge on any atom is 0.311 e. The molecule has 0 aliphatic rings. The van der Waals surface area contributed by atoms with Gasteiger partial charge in [0.1, 0.15) is 23.0 Å². The molecule has 4 aromatic carbocycles. The van der Waals surface area contributed by atoms with Gasteiger partial charge in [-0.3, -0.25) is 38.4 Å². The fourth-order valence-electron chi connectivity index (χ4n) is 6.74. The van der Waals surface area contributed by atoms with Gasteiger partial charge in [0.2, 0.25) is 0 Å². The quantitative estimate of drug-likeness (QED) is 0.0298. The minimum absolute atomic E-state index is 0.0204. The Morgan fingerprint density at radius 2 is 0.462 bits per heavy atom. The normalized spacial score (nSPS) is 10.8. The molecule has 65 heavy (non-hydrogen) atoms. The summed E-state index contributed by atoms with van der Waals surface area (Å²) in [6.45, 7) is 0. The van der Waals surface area contributed by atoms with Gasteiger partial charge in [0.05, 0.1) is 33.9 Å². The molecular formula is C49H52O16. The van der Waals surface area contributed by atoms with Crippen molar-refractivity contribution < 1.29 is 76.3 Å². The van der Waals surface area contributed by atoms with Crippen LogP contribution in [0.25, 0.3) is 0 Å². The summed E-state index contributed by atoms with van der Waals surface area (Å²) in [4.78, 5) is 97.1. The monoisotopic (exact) mass is 896 g/mol. The standard InChI is InChI=1S/C49H52O16/c1-58-41(50)9-5-13-45(54)62-37-25-17-33(18-26-37)49(34-19-27-38(28-20-34)63-46(55)14-6-10-42(51)59-2,35-21-29-39(30-22-35)64-47(56)15-7-11-43(52)60-3)36-23-31-40(32-24-36)65-48(57)16-8-12-44(53)61-4/h17-32H,5-16H2,1-4H3. The molecule has 0 unspecified atom stereocenters. The lowest BCUT2D eigenvalue weighted by Crippen LogP contribution is -2.31. The molecule has 0 saturated heterocycles. The highest BCUT2D eigenvalue weighted by Gasteiger charge is 2.39. The van der Waals surface area contributed by atoms with Crippen molar-refractivity contribution in [1.29, 1.82) is 0 Å². The number of benzene rings is 4. The van der Waals surface area contributed by atoms with Crippen molar-refractivity contribution in [3.8, 4) is 23.0 Å². The van der Waals surface area contributed by atoms with Gasteiger partial charge in [-0.1, -0.05) is 48.5 Å². The average molecular weight is 897 g/mol. The molecule has 0 fully saturated rings. The Morgan fingerprint density at radius 3 is 0.631 bits per heavy atom. The third kappa shape index (κ3) is 15.4. The molecule has 4 rings (SSSR count). The van der Waals surface area contributed by atoms with Crippen LogP contribution in [0.4, 0.5) is 0 Å². The van der Waals surface area contributed by atoms with Gasteiger partial charge in [-0.2, -0.15) is 0 Å². The van der Waals surface area contributed by atoms with Crippen molar-refractivity contribution >= 4 is 47.8 Å². The Bertz CT molecular complexity index is 1920. The molecule has 0 atom stereocenters. The second kappa shape index (κ2) is 25.7. The zero-order valence-electron chi connectivity index (χ0n) is 36.8. The van der Waals surface area contributed by atoms with Gasteiger partial charge < -0.3 is 37.9 Å². The fourth-order valence-corrected chi connectivity index (χ4v) is 6.74. The third-order valence-electron chi connectivity index (χ3n) is 10.0. The van der Waals surface area contributed by atoms with E-state index in [1.54, 1.807) is 97.1 Å². The van der Waals surface area contributed by atoms with E-state index in [1.165, 1.54) is 28.4 Å².